The molecule has 0 spiro atoms. The van der Waals surface area contributed by atoms with Gasteiger partial charge in [-0.25, -0.2) is 4.79 Å². The van der Waals surface area contributed by atoms with E-state index < -0.39 is 17.8 Å². The summed E-state index contributed by atoms with van der Waals surface area (Å²) in [5, 5.41) is 0. The minimum atomic E-state index is -0.629. The molecule has 1 saturated heterocycles. The molecule has 6 nitrogen and oxygen atoms in total. The Morgan fingerprint density at radius 1 is 0.826 bits per heavy atom. The van der Waals surface area contributed by atoms with Crippen molar-refractivity contribution in [1.82, 2.24) is 14.4 Å². The van der Waals surface area contributed by atoms with E-state index in [0.29, 0.717) is 5.69 Å². The number of likely N-dealkylation sites (N-methyl/N-ethyl adjacent to an activating group) is 2. The van der Waals surface area contributed by atoms with Gasteiger partial charge in [-0.2, -0.15) is 0 Å². The highest BCUT2D eigenvalue weighted by atomic mass is 16.2. The summed E-state index contributed by atoms with van der Waals surface area (Å²) in [6.45, 7) is 0. The Kier molecular flexibility index (Phi) is 3.57. The van der Waals surface area contributed by atoms with Crippen molar-refractivity contribution in [3.05, 3.63) is 59.9 Å². The van der Waals surface area contributed by atoms with Gasteiger partial charge in [0.1, 0.15) is 5.57 Å². The van der Waals surface area contributed by atoms with Crippen LogP contribution in [0.4, 0.5) is 4.79 Å². The van der Waals surface area contributed by atoms with Crippen LogP contribution in [0.25, 0.3) is 11.8 Å². The number of carbonyl (C=O) groups is 3. The van der Waals surface area contributed by atoms with Crippen molar-refractivity contribution in [3.8, 4) is 5.69 Å². The number of urea groups is 1. The molecule has 1 aromatic carbocycles. The predicted molar refractivity (Wildman–Crippen MR) is 84.7 cm³/mol. The molecule has 0 bridgehead atoms. The smallest absolute Gasteiger partial charge is 0.317 e. The third kappa shape index (κ3) is 2.44. The normalized spacial score (nSPS) is 15.4. The zero-order valence-electron chi connectivity index (χ0n) is 12.8. The lowest BCUT2D eigenvalue weighted by molar-refractivity contribution is -0.134. The van der Waals surface area contributed by atoms with E-state index in [1.165, 1.54) is 20.2 Å². The second kappa shape index (κ2) is 5.57. The number of hydrogen-bond donors (Lipinski definition) is 0. The van der Waals surface area contributed by atoms with E-state index in [4.69, 9.17) is 0 Å². The lowest BCUT2D eigenvalue weighted by Crippen LogP contribution is -2.52. The maximum atomic E-state index is 12.2. The molecule has 116 valence electrons. The van der Waals surface area contributed by atoms with Gasteiger partial charge in [0, 0.05) is 31.7 Å². The Bertz CT molecular complexity index is 795. The summed E-state index contributed by atoms with van der Waals surface area (Å²) in [5.74, 6) is -1.20. The fourth-order valence-electron chi connectivity index (χ4n) is 2.46. The number of rotatable bonds is 2. The van der Waals surface area contributed by atoms with Crippen LogP contribution in [-0.4, -0.2) is 46.3 Å². The molecule has 0 N–H and O–H groups in total. The maximum absolute atomic E-state index is 12.2. The van der Waals surface area contributed by atoms with E-state index in [0.717, 1.165) is 15.5 Å². The van der Waals surface area contributed by atoms with Gasteiger partial charge in [0.25, 0.3) is 11.8 Å². The van der Waals surface area contributed by atoms with Crippen LogP contribution in [0.5, 0.6) is 0 Å². The highest BCUT2D eigenvalue weighted by Gasteiger charge is 2.37. The van der Waals surface area contributed by atoms with Crippen LogP contribution < -0.4 is 0 Å². The third-order valence-corrected chi connectivity index (χ3v) is 3.75. The first kappa shape index (κ1) is 14.8. The molecule has 6 heteroatoms. The molecule has 23 heavy (non-hydrogen) atoms. The zero-order valence-corrected chi connectivity index (χ0v) is 12.8. The SMILES string of the molecule is CN1C(=O)C(=Cc2cccn2-c2ccccc2)C(=O)N(C)C1=O. The summed E-state index contributed by atoms with van der Waals surface area (Å²) in [5.41, 5.74) is 1.56. The molecule has 2 aromatic rings. The lowest BCUT2D eigenvalue weighted by atomic mass is 10.1. The molecule has 0 unspecified atom stereocenters. The van der Waals surface area contributed by atoms with Crippen LogP contribution in [0.15, 0.2) is 54.2 Å². The van der Waals surface area contributed by atoms with E-state index >= 15 is 0 Å². The van der Waals surface area contributed by atoms with Crippen molar-refractivity contribution in [2.75, 3.05) is 14.1 Å². The molecule has 0 radical (unpaired) electrons. The van der Waals surface area contributed by atoms with E-state index in [-0.39, 0.29) is 5.57 Å². The van der Waals surface area contributed by atoms with Crippen molar-refractivity contribution in [3.63, 3.8) is 0 Å². The van der Waals surface area contributed by atoms with E-state index in [2.05, 4.69) is 0 Å². The molecule has 1 aliphatic rings. The fraction of sp³-hybridized carbons (Fsp3) is 0.118. The van der Waals surface area contributed by atoms with Crippen LogP contribution in [0.1, 0.15) is 5.69 Å². The van der Waals surface area contributed by atoms with Gasteiger partial charge in [-0.3, -0.25) is 19.4 Å². The average molecular weight is 309 g/mol. The fourth-order valence-corrected chi connectivity index (χ4v) is 2.46. The van der Waals surface area contributed by atoms with E-state index in [1.807, 2.05) is 47.2 Å². The summed E-state index contributed by atoms with van der Waals surface area (Å²) in [6.07, 6.45) is 3.36. The minimum Gasteiger partial charge on any atom is -0.317 e. The highest BCUT2D eigenvalue weighted by Crippen LogP contribution is 2.20. The quantitative estimate of drug-likeness (QED) is 0.629. The van der Waals surface area contributed by atoms with Crippen molar-refractivity contribution >= 4 is 23.9 Å². The topological polar surface area (TPSA) is 62.6 Å². The Labute approximate surface area is 133 Å². The van der Waals surface area contributed by atoms with Gasteiger partial charge < -0.3 is 4.57 Å². The van der Waals surface area contributed by atoms with Gasteiger partial charge in [-0.1, -0.05) is 18.2 Å². The molecule has 0 saturated carbocycles. The first-order valence-electron chi connectivity index (χ1n) is 7.05. The maximum Gasteiger partial charge on any atom is 0.333 e. The lowest BCUT2D eigenvalue weighted by Gasteiger charge is -2.28. The van der Waals surface area contributed by atoms with Gasteiger partial charge in [-0.15, -0.1) is 0 Å². The van der Waals surface area contributed by atoms with Crippen LogP contribution in [0, 0.1) is 0 Å². The van der Waals surface area contributed by atoms with Crippen LogP contribution >= 0.6 is 0 Å². The number of para-hydroxylation sites is 1. The molecule has 1 aromatic heterocycles. The summed E-state index contributed by atoms with van der Waals surface area (Å²) < 4.78 is 1.87. The van der Waals surface area contributed by atoms with E-state index in [1.54, 1.807) is 6.07 Å². The van der Waals surface area contributed by atoms with Crippen LogP contribution in [0.3, 0.4) is 0 Å². The van der Waals surface area contributed by atoms with Gasteiger partial charge in [0.2, 0.25) is 0 Å². The van der Waals surface area contributed by atoms with Crippen LogP contribution in [0.2, 0.25) is 0 Å². The predicted octanol–water partition coefficient (Wildman–Crippen LogP) is 1.91. The zero-order chi connectivity index (χ0) is 16.6. The molecule has 4 amide bonds. The average Bonchev–Trinajstić information content (AvgIpc) is 3.04. The molecule has 3 rings (SSSR count). The van der Waals surface area contributed by atoms with Gasteiger partial charge >= 0.3 is 6.03 Å². The molecular formula is C17H15N3O3. The van der Waals surface area contributed by atoms with Gasteiger partial charge in [-0.05, 0) is 30.3 Å². The number of amides is 4. The molecule has 2 heterocycles. The number of carbonyl (C=O) groups excluding carboxylic acids is 3. The van der Waals surface area contributed by atoms with Crippen LogP contribution in [-0.2, 0) is 9.59 Å². The second-order valence-corrected chi connectivity index (χ2v) is 5.21. The summed E-state index contributed by atoms with van der Waals surface area (Å²) in [4.78, 5) is 38.1. The molecule has 1 aliphatic heterocycles. The van der Waals surface area contributed by atoms with Crippen molar-refractivity contribution < 1.29 is 14.4 Å². The second-order valence-electron chi connectivity index (χ2n) is 5.21. The monoisotopic (exact) mass is 309 g/mol. The Hall–Kier alpha value is -3.15. The number of aromatic nitrogens is 1. The van der Waals surface area contributed by atoms with Gasteiger partial charge in [0.05, 0.1) is 0 Å². The van der Waals surface area contributed by atoms with Crippen molar-refractivity contribution in [2.45, 2.75) is 0 Å². The first-order valence-corrected chi connectivity index (χ1v) is 7.05. The number of imide groups is 2. The molecule has 0 atom stereocenters. The number of nitrogens with zero attached hydrogens (tertiary/aromatic N) is 3. The van der Waals surface area contributed by atoms with Gasteiger partial charge in [0.15, 0.2) is 0 Å². The summed E-state index contributed by atoms with van der Waals surface area (Å²) in [7, 11) is 2.72. The first-order chi connectivity index (χ1) is 11.0. The molecule has 0 aliphatic carbocycles. The number of barbiturate groups is 1. The summed E-state index contributed by atoms with van der Waals surface area (Å²) >= 11 is 0. The Morgan fingerprint density at radius 3 is 2.04 bits per heavy atom. The summed E-state index contributed by atoms with van der Waals surface area (Å²) in [6, 6.07) is 12.6. The number of hydrogen-bond acceptors (Lipinski definition) is 3. The highest BCUT2D eigenvalue weighted by molar-refractivity contribution is 6.30. The Balaban J connectivity index is 2.06. The molecular weight excluding hydrogens is 294 g/mol. The van der Waals surface area contributed by atoms with Crippen molar-refractivity contribution in [2.24, 2.45) is 0 Å². The number of benzene rings is 1. The third-order valence-electron chi connectivity index (χ3n) is 3.75. The largest absolute Gasteiger partial charge is 0.333 e. The van der Waals surface area contributed by atoms with E-state index in [9.17, 15) is 14.4 Å². The standard InChI is InChI=1S/C17H15N3O3/c1-18-15(21)14(16(22)19(2)17(18)23)11-13-9-6-10-20(13)12-7-4-3-5-8-12/h3-11H,1-2H3. The minimum absolute atomic E-state index is 0.0366. The Morgan fingerprint density at radius 2 is 1.43 bits per heavy atom. The van der Waals surface area contributed by atoms with Crippen molar-refractivity contribution in [1.29, 1.82) is 0 Å². The molecule has 1 fully saturated rings.